The molecule has 0 atom stereocenters. The third-order valence-electron chi connectivity index (χ3n) is 6.04. The molecule has 0 aliphatic rings. The second-order valence-electron chi connectivity index (χ2n) is 7.96. The van der Waals surface area contributed by atoms with Gasteiger partial charge in [0, 0.05) is 12.6 Å². The van der Waals surface area contributed by atoms with Crippen LogP contribution in [-0.4, -0.2) is 24.1 Å². The molecule has 0 bridgehead atoms. The Labute approximate surface area is 166 Å². The number of rotatable bonds is 4. The maximum Gasteiger partial charge on any atom is 0.161 e. The molecule has 0 fully saturated rings. The third-order valence-corrected chi connectivity index (χ3v) is 6.04. The average molecular weight is 376 g/mol. The summed E-state index contributed by atoms with van der Waals surface area (Å²) < 4.78 is 4.18. The van der Waals surface area contributed by atoms with Gasteiger partial charge in [0.1, 0.15) is 5.69 Å². The zero-order valence-electron chi connectivity index (χ0n) is 18.0. The highest BCUT2D eigenvalue weighted by Gasteiger charge is 2.22. The summed E-state index contributed by atoms with van der Waals surface area (Å²) in [5.41, 5.74) is 9.92. The van der Waals surface area contributed by atoms with Crippen LogP contribution < -0.4 is 0 Å². The Morgan fingerprint density at radius 1 is 0.929 bits per heavy atom. The van der Waals surface area contributed by atoms with E-state index < -0.39 is 0 Å². The first-order chi connectivity index (χ1) is 13.3. The minimum atomic E-state index is 0.490. The van der Waals surface area contributed by atoms with Crippen LogP contribution in [0.15, 0.2) is 18.2 Å². The lowest BCUT2D eigenvalue weighted by Crippen LogP contribution is -2.06. The van der Waals surface area contributed by atoms with Gasteiger partial charge in [0.15, 0.2) is 11.5 Å². The summed E-state index contributed by atoms with van der Waals surface area (Å²) in [6, 6.07) is 6.58. The normalized spacial score (nSPS) is 12.0. The van der Waals surface area contributed by atoms with E-state index in [1.807, 2.05) is 4.52 Å². The van der Waals surface area contributed by atoms with Gasteiger partial charge in [-0.3, -0.25) is 0 Å². The van der Waals surface area contributed by atoms with Crippen LogP contribution in [0.3, 0.4) is 0 Å². The summed E-state index contributed by atoms with van der Waals surface area (Å²) in [6.07, 6.45) is 2.20. The zero-order chi connectivity index (χ0) is 20.2. The van der Waals surface area contributed by atoms with Crippen LogP contribution in [-0.2, 0) is 7.05 Å². The van der Waals surface area contributed by atoms with Gasteiger partial charge in [-0.15, -0.1) is 0 Å². The molecule has 0 saturated heterocycles. The molecule has 28 heavy (non-hydrogen) atoms. The molecule has 1 aromatic carbocycles. The number of hydrogen-bond donors (Lipinski definition) is 0. The van der Waals surface area contributed by atoms with E-state index in [1.165, 1.54) is 16.7 Å². The van der Waals surface area contributed by atoms with Crippen LogP contribution in [0, 0.1) is 27.7 Å². The molecule has 0 saturated carbocycles. The number of nitrogens with zero attached hydrogens (tertiary/aromatic N) is 5. The predicted molar refractivity (Wildman–Crippen MR) is 115 cm³/mol. The number of aryl methyl sites for hydroxylation is 5. The van der Waals surface area contributed by atoms with Gasteiger partial charge in [-0.05, 0) is 75.8 Å². The van der Waals surface area contributed by atoms with E-state index in [4.69, 9.17) is 15.1 Å². The van der Waals surface area contributed by atoms with Crippen molar-refractivity contribution in [3.05, 3.63) is 46.3 Å². The van der Waals surface area contributed by atoms with Gasteiger partial charge in [-0.25, -0.2) is 14.5 Å². The smallest absolute Gasteiger partial charge is 0.161 e. The van der Waals surface area contributed by atoms with E-state index in [-0.39, 0.29) is 0 Å². The Kier molecular flexibility index (Phi) is 4.48. The molecule has 0 spiro atoms. The molecule has 3 aromatic heterocycles. The maximum absolute atomic E-state index is 4.97. The summed E-state index contributed by atoms with van der Waals surface area (Å²) in [6.45, 7) is 12.9. The molecule has 0 aliphatic carbocycles. The SMILES string of the molecule is CCC(CC)c1cc(C)nn2c(-c3nc4cc(C)c(C)cc4n3C)c(C)nc12. The quantitative estimate of drug-likeness (QED) is 0.478. The first-order valence-electron chi connectivity index (χ1n) is 10.2. The molecule has 5 nitrogen and oxygen atoms in total. The van der Waals surface area contributed by atoms with Crippen molar-refractivity contribution in [3.63, 3.8) is 0 Å². The van der Waals surface area contributed by atoms with Crippen molar-refractivity contribution in [1.29, 1.82) is 0 Å². The molecular weight excluding hydrogens is 346 g/mol. The minimum absolute atomic E-state index is 0.490. The highest BCUT2D eigenvalue weighted by atomic mass is 15.3. The lowest BCUT2D eigenvalue weighted by Gasteiger charge is -2.14. The summed E-state index contributed by atoms with van der Waals surface area (Å²) in [5.74, 6) is 1.41. The number of aromatic nitrogens is 5. The molecule has 0 amide bonds. The van der Waals surface area contributed by atoms with Crippen molar-refractivity contribution < 1.29 is 0 Å². The number of fused-ring (bicyclic) bond motifs is 2. The second kappa shape index (κ2) is 6.73. The van der Waals surface area contributed by atoms with Gasteiger partial charge in [0.2, 0.25) is 0 Å². The summed E-state index contributed by atoms with van der Waals surface area (Å²) in [5, 5.41) is 4.83. The summed E-state index contributed by atoms with van der Waals surface area (Å²) in [7, 11) is 2.08. The van der Waals surface area contributed by atoms with Crippen molar-refractivity contribution in [2.45, 2.75) is 60.3 Å². The lowest BCUT2D eigenvalue weighted by atomic mass is 9.95. The fraction of sp³-hybridized carbons (Fsp3) is 0.435. The number of imidazole rings is 2. The minimum Gasteiger partial charge on any atom is -0.326 e. The zero-order valence-corrected chi connectivity index (χ0v) is 18.0. The van der Waals surface area contributed by atoms with Crippen molar-refractivity contribution in [3.8, 4) is 11.5 Å². The molecule has 146 valence electrons. The largest absolute Gasteiger partial charge is 0.326 e. The Balaban J connectivity index is 2.04. The van der Waals surface area contributed by atoms with Crippen molar-refractivity contribution in [2.75, 3.05) is 0 Å². The molecule has 4 aromatic rings. The molecule has 4 rings (SSSR count). The first-order valence-corrected chi connectivity index (χ1v) is 10.2. The van der Waals surface area contributed by atoms with Crippen molar-refractivity contribution >= 4 is 16.7 Å². The van der Waals surface area contributed by atoms with Gasteiger partial charge in [-0.1, -0.05) is 13.8 Å². The summed E-state index contributed by atoms with van der Waals surface area (Å²) >= 11 is 0. The van der Waals surface area contributed by atoms with E-state index in [9.17, 15) is 0 Å². The highest BCUT2D eigenvalue weighted by Crippen LogP contribution is 2.32. The topological polar surface area (TPSA) is 48.0 Å². The van der Waals surface area contributed by atoms with Crippen LogP contribution in [0.1, 0.15) is 60.7 Å². The van der Waals surface area contributed by atoms with Crippen molar-refractivity contribution in [1.82, 2.24) is 24.1 Å². The van der Waals surface area contributed by atoms with E-state index in [0.717, 1.165) is 52.4 Å². The van der Waals surface area contributed by atoms with Gasteiger partial charge in [0.25, 0.3) is 0 Å². The van der Waals surface area contributed by atoms with Gasteiger partial charge in [0.05, 0.1) is 22.4 Å². The van der Waals surface area contributed by atoms with Gasteiger partial charge < -0.3 is 4.57 Å². The standard InChI is InChI=1S/C23H29N5/c1-8-17(9-2)18-12-15(5)26-28-21(16(6)24-22(18)28)23-25-19-10-13(3)14(4)11-20(19)27(23)7/h10-12,17H,8-9H2,1-7H3. The Bertz CT molecular complexity index is 1190. The Morgan fingerprint density at radius 2 is 1.61 bits per heavy atom. The fourth-order valence-corrected chi connectivity index (χ4v) is 4.22. The van der Waals surface area contributed by atoms with E-state index >= 15 is 0 Å². The number of benzene rings is 1. The first kappa shape index (κ1) is 18.7. The van der Waals surface area contributed by atoms with E-state index in [0.29, 0.717) is 5.92 Å². The lowest BCUT2D eigenvalue weighted by molar-refractivity contribution is 0.638. The van der Waals surface area contributed by atoms with Crippen LogP contribution >= 0.6 is 0 Å². The molecule has 0 N–H and O–H groups in total. The third kappa shape index (κ3) is 2.72. The van der Waals surface area contributed by atoms with E-state index in [2.05, 4.69) is 71.4 Å². The van der Waals surface area contributed by atoms with Crippen LogP contribution in [0.2, 0.25) is 0 Å². The van der Waals surface area contributed by atoms with Crippen LogP contribution in [0.25, 0.3) is 28.2 Å². The highest BCUT2D eigenvalue weighted by molar-refractivity contribution is 5.82. The number of hydrogen-bond acceptors (Lipinski definition) is 3. The Morgan fingerprint density at radius 3 is 2.29 bits per heavy atom. The van der Waals surface area contributed by atoms with E-state index in [1.54, 1.807) is 0 Å². The molecule has 0 radical (unpaired) electrons. The predicted octanol–water partition coefficient (Wildman–Crippen LogP) is 5.42. The summed E-state index contributed by atoms with van der Waals surface area (Å²) in [4.78, 5) is 9.92. The maximum atomic E-state index is 4.97. The van der Waals surface area contributed by atoms with Gasteiger partial charge in [-0.2, -0.15) is 5.10 Å². The molecule has 0 unspecified atom stereocenters. The molecule has 3 heterocycles. The molecular formula is C23H29N5. The van der Waals surface area contributed by atoms with Crippen molar-refractivity contribution in [2.24, 2.45) is 7.05 Å². The van der Waals surface area contributed by atoms with Gasteiger partial charge >= 0.3 is 0 Å². The molecule has 5 heteroatoms. The van der Waals surface area contributed by atoms with Crippen LogP contribution in [0.5, 0.6) is 0 Å². The van der Waals surface area contributed by atoms with Crippen LogP contribution in [0.4, 0.5) is 0 Å². The average Bonchev–Trinajstić information content (AvgIpc) is 3.13. The molecule has 0 aliphatic heterocycles. The monoisotopic (exact) mass is 375 g/mol. The fourth-order valence-electron chi connectivity index (χ4n) is 4.22. The second-order valence-corrected chi connectivity index (χ2v) is 7.96. The Hall–Kier alpha value is -2.69.